The lowest BCUT2D eigenvalue weighted by Crippen LogP contribution is -2.42. The maximum absolute atomic E-state index is 14.2. The summed E-state index contributed by atoms with van der Waals surface area (Å²) in [6, 6.07) is 22.9. The van der Waals surface area contributed by atoms with E-state index in [4.69, 9.17) is 14.6 Å². The van der Waals surface area contributed by atoms with Crippen LogP contribution in [0.25, 0.3) is 16.5 Å². The minimum Gasteiger partial charge on any atom is -0.474 e. The topological polar surface area (TPSA) is 111 Å². The molecule has 2 aromatic heterocycles. The number of urea groups is 1. The normalized spacial score (nSPS) is 15.8. The van der Waals surface area contributed by atoms with Gasteiger partial charge in [0, 0.05) is 49.9 Å². The Labute approximate surface area is 271 Å². The summed E-state index contributed by atoms with van der Waals surface area (Å²) >= 11 is 0. The van der Waals surface area contributed by atoms with E-state index in [1.54, 1.807) is 35.0 Å². The molecule has 3 heterocycles. The fourth-order valence-electron chi connectivity index (χ4n) is 6.02. The van der Waals surface area contributed by atoms with E-state index in [1.807, 2.05) is 61.5 Å². The van der Waals surface area contributed by atoms with Gasteiger partial charge in [-0.1, -0.05) is 48.0 Å². The molecule has 1 aliphatic carbocycles. The van der Waals surface area contributed by atoms with E-state index in [2.05, 4.69) is 15.6 Å². The molecule has 0 unspecified atom stereocenters. The van der Waals surface area contributed by atoms with E-state index >= 15 is 0 Å². The molecular formula is C36H35FN6O4. The Balaban J connectivity index is 1.06. The van der Waals surface area contributed by atoms with E-state index in [1.165, 1.54) is 12.1 Å². The molecule has 5 aromatic rings. The fourth-order valence-corrected chi connectivity index (χ4v) is 6.02. The van der Waals surface area contributed by atoms with Crippen molar-refractivity contribution in [3.8, 4) is 11.6 Å². The SMILES string of the molecule is COC1(c2cc(NC(=O)Nc3cnc(OC4CCN(C(=O)c5ccccc5F)CC4)c4ccccc34)n(-c3ccc(C)cc3)n2)CC1. The summed E-state index contributed by atoms with van der Waals surface area (Å²) in [6.45, 7) is 2.91. The van der Waals surface area contributed by atoms with Crippen molar-refractivity contribution < 1.29 is 23.5 Å². The molecule has 1 aliphatic heterocycles. The lowest BCUT2D eigenvalue weighted by atomic mass is 10.1. The minimum atomic E-state index is -0.520. The molecule has 0 atom stereocenters. The molecule has 11 heteroatoms. The van der Waals surface area contributed by atoms with Gasteiger partial charge in [0.05, 0.1) is 28.8 Å². The van der Waals surface area contributed by atoms with Gasteiger partial charge in [-0.3, -0.25) is 10.1 Å². The number of aryl methyl sites for hydroxylation is 1. The van der Waals surface area contributed by atoms with Crippen molar-refractivity contribution >= 4 is 34.2 Å². The number of fused-ring (bicyclic) bond motifs is 1. The van der Waals surface area contributed by atoms with E-state index in [0.717, 1.165) is 40.6 Å². The number of piperidine rings is 1. The summed E-state index contributed by atoms with van der Waals surface area (Å²) < 4.78 is 28.0. The Kier molecular flexibility index (Phi) is 8.07. The monoisotopic (exact) mass is 634 g/mol. The second-order valence-electron chi connectivity index (χ2n) is 12.1. The lowest BCUT2D eigenvalue weighted by molar-refractivity contribution is 0.0586. The largest absolute Gasteiger partial charge is 0.474 e. The number of likely N-dealkylation sites (tertiary alicyclic amines) is 1. The molecule has 3 amide bonds. The summed E-state index contributed by atoms with van der Waals surface area (Å²) in [6.07, 6.45) is 4.32. The predicted molar refractivity (Wildman–Crippen MR) is 177 cm³/mol. The number of halogens is 1. The number of carbonyl (C=O) groups excluding carboxylic acids is 2. The summed E-state index contributed by atoms with van der Waals surface area (Å²) in [4.78, 5) is 32.5. The first-order chi connectivity index (χ1) is 22.8. The number of nitrogens with one attached hydrogen (secondary N) is 2. The van der Waals surface area contributed by atoms with Gasteiger partial charge in [0.25, 0.3) is 5.91 Å². The number of rotatable bonds is 8. The first kappa shape index (κ1) is 30.4. The van der Waals surface area contributed by atoms with Gasteiger partial charge in [-0.25, -0.2) is 18.9 Å². The summed E-state index contributed by atoms with van der Waals surface area (Å²) in [5.74, 6) is 0.125. The summed E-state index contributed by atoms with van der Waals surface area (Å²) in [7, 11) is 1.68. The highest BCUT2D eigenvalue weighted by atomic mass is 19.1. The van der Waals surface area contributed by atoms with Gasteiger partial charge >= 0.3 is 6.03 Å². The molecule has 1 saturated heterocycles. The van der Waals surface area contributed by atoms with Crippen LogP contribution in [0, 0.1) is 12.7 Å². The molecule has 3 aromatic carbocycles. The van der Waals surface area contributed by atoms with Gasteiger partial charge in [-0.05, 0) is 50.1 Å². The van der Waals surface area contributed by atoms with Crippen LogP contribution >= 0.6 is 0 Å². The number of aromatic nitrogens is 3. The maximum atomic E-state index is 14.2. The average Bonchev–Trinajstić information content (AvgIpc) is 3.79. The smallest absolute Gasteiger partial charge is 0.324 e. The Morgan fingerprint density at radius 1 is 0.936 bits per heavy atom. The van der Waals surface area contributed by atoms with Crippen molar-refractivity contribution in [2.45, 2.75) is 44.3 Å². The zero-order valence-electron chi connectivity index (χ0n) is 26.2. The van der Waals surface area contributed by atoms with Gasteiger partial charge in [-0.15, -0.1) is 0 Å². The third kappa shape index (κ3) is 6.14. The van der Waals surface area contributed by atoms with Crippen molar-refractivity contribution in [1.29, 1.82) is 0 Å². The second kappa shape index (κ2) is 12.5. The average molecular weight is 635 g/mol. The molecule has 47 heavy (non-hydrogen) atoms. The Morgan fingerprint density at radius 3 is 2.34 bits per heavy atom. The predicted octanol–water partition coefficient (Wildman–Crippen LogP) is 6.83. The number of amides is 3. The number of benzene rings is 3. The zero-order chi connectivity index (χ0) is 32.5. The third-order valence-electron chi connectivity index (χ3n) is 8.91. The minimum absolute atomic E-state index is 0.0773. The van der Waals surface area contributed by atoms with Crippen LogP contribution in [-0.4, -0.2) is 57.9 Å². The number of carbonyl (C=O) groups is 2. The molecular weight excluding hydrogens is 599 g/mol. The molecule has 0 spiro atoms. The van der Waals surface area contributed by atoms with Crippen molar-refractivity contribution in [2.75, 3.05) is 30.8 Å². The van der Waals surface area contributed by atoms with E-state index in [0.29, 0.717) is 43.3 Å². The number of hydrogen-bond donors (Lipinski definition) is 2. The molecule has 2 N–H and O–H groups in total. The Morgan fingerprint density at radius 2 is 1.64 bits per heavy atom. The molecule has 2 aliphatic rings. The van der Waals surface area contributed by atoms with Crippen LogP contribution in [0.5, 0.6) is 5.88 Å². The maximum Gasteiger partial charge on any atom is 0.324 e. The number of ether oxygens (including phenoxy) is 2. The molecule has 7 rings (SSSR count). The van der Waals surface area contributed by atoms with Crippen LogP contribution in [0.2, 0.25) is 0 Å². The van der Waals surface area contributed by atoms with Gasteiger partial charge in [-0.2, -0.15) is 5.10 Å². The molecule has 10 nitrogen and oxygen atoms in total. The zero-order valence-corrected chi connectivity index (χ0v) is 26.2. The van der Waals surface area contributed by atoms with E-state index < -0.39 is 17.4 Å². The van der Waals surface area contributed by atoms with Crippen molar-refractivity contribution in [1.82, 2.24) is 19.7 Å². The van der Waals surface area contributed by atoms with Gasteiger partial charge in [0.15, 0.2) is 0 Å². The summed E-state index contributed by atoms with van der Waals surface area (Å²) in [5.41, 5.74) is 2.88. The molecule has 1 saturated carbocycles. The highest BCUT2D eigenvalue weighted by molar-refractivity contribution is 6.06. The van der Waals surface area contributed by atoms with Crippen LogP contribution in [-0.2, 0) is 10.3 Å². The van der Waals surface area contributed by atoms with Crippen LogP contribution in [0.3, 0.4) is 0 Å². The Hall–Kier alpha value is -5.29. The molecule has 0 bridgehead atoms. The first-order valence-corrected chi connectivity index (χ1v) is 15.7. The van der Waals surface area contributed by atoms with Crippen molar-refractivity contribution in [3.63, 3.8) is 0 Å². The van der Waals surface area contributed by atoms with E-state index in [-0.39, 0.29) is 17.6 Å². The highest BCUT2D eigenvalue weighted by Crippen LogP contribution is 2.48. The molecule has 2 fully saturated rings. The van der Waals surface area contributed by atoms with Crippen LogP contribution in [0.4, 0.5) is 20.7 Å². The van der Waals surface area contributed by atoms with Crippen molar-refractivity contribution in [3.05, 3.63) is 108 Å². The van der Waals surface area contributed by atoms with Gasteiger partial charge in [0.1, 0.15) is 23.3 Å². The Bertz CT molecular complexity index is 1950. The number of nitrogens with zero attached hydrogens (tertiary/aromatic N) is 4. The van der Waals surface area contributed by atoms with Crippen molar-refractivity contribution in [2.24, 2.45) is 0 Å². The highest BCUT2D eigenvalue weighted by Gasteiger charge is 2.47. The number of anilines is 2. The molecule has 240 valence electrons. The van der Waals surface area contributed by atoms with Crippen LogP contribution < -0.4 is 15.4 Å². The number of pyridine rings is 1. The fraction of sp³-hybridized carbons (Fsp3) is 0.278. The second-order valence-corrected chi connectivity index (χ2v) is 12.1. The number of hydrogen-bond acceptors (Lipinski definition) is 6. The standard InChI is InChI=1S/C36H35FN6O4/c1-23-11-13-24(14-12-23)43-32(21-31(41-43)36(46-2)17-18-36)40-35(45)39-30-22-38-33(27-8-4-3-7-26(27)30)47-25-15-19-42(20-16-25)34(44)28-9-5-6-10-29(28)37/h3-14,21-22,25H,15-20H2,1-2H3,(H2,39,40,45). The molecule has 0 radical (unpaired) electrons. The number of methoxy groups -OCH3 is 1. The van der Waals surface area contributed by atoms with Gasteiger partial charge < -0.3 is 19.7 Å². The van der Waals surface area contributed by atoms with Crippen LogP contribution in [0.1, 0.15) is 47.3 Å². The third-order valence-corrected chi connectivity index (χ3v) is 8.91. The quantitative estimate of drug-likeness (QED) is 0.194. The van der Waals surface area contributed by atoms with Crippen LogP contribution in [0.15, 0.2) is 85.1 Å². The van der Waals surface area contributed by atoms with Gasteiger partial charge in [0.2, 0.25) is 5.88 Å². The van der Waals surface area contributed by atoms with E-state index in [9.17, 15) is 14.0 Å². The lowest BCUT2D eigenvalue weighted by Gasteiger charge is -2.32. The first-order valence-electron chi connectivity index (χ1n) is 15.7. The summed E-state index contributed by atoms with van der Waals surface area (Å²) in [5, 5.41) is 12.2.